The van der Waals surface area contributed by atoms with Crippen molar-refractivity contribution >= 4 is 17.4 Å². The highest BCUT2D eigenvalue weighted by Crippen LogP contribution is 2.39. The molecule has 0 spiro atoms. The van der Waals surface area contributed by atoms with E-state index in [4.69, 9.17) is 11.6 Å². The molecule has 0 amide bonds. The van der Waals surface area contributed by atoms with Gasteiger partial charge in [-0.15, -0.1) is 0 Å². The van der Waals surface area contributed by atoms with Crippen LogP contribution in [0.4, 0.5) is 23.4 Å². The molecule has 1 N–H and O–H groups in total. The first-order valence-electron chi connectivity index (χ1n) is 5.75. The van der Waals surface area contributed by atoms with Gasteiger partial charge in [-0.25, -0.2) is 18.7 Å². The standard InChI is InChI=1S/C11H12ClF4N3/c1-5-7(12)18-9(6-2-3-6)19-8(5)17-4-11(15,16)10(13)14/h6,10H,2-4H2,1H3,(H,17,18,19). The summed E-state index contributed by atoms with van der Waals surface area (Å²) in [6.45, 7) is 0.352. The lowest BCUT2D eigenvalue weighted by atomic mass is 10.3. The summed E-state index contributed by atoms with van der Waals surface area (Å²) in [5.41, 5.74) is 0.371. The van der Waals surface area contributed by atoms with Crippen LogP contribution in [0.5, 0.6) is 0 Å². The maximum absolute atomic E-state index is 12.8. The Morgan fingerprint density at radius 3 is 2.53 bits per heavy atom. The van der Waals surface area contributed by atoms with Crippen molar-refractivity contribution in [3.63, 3.8) is 0 Å². The monoisotopic (exact) mass is 297 g/mol. The normalized spacial score (nSPS) is 15.9. The summed E-state index contributed by atoms with van der Waals surface area (Å²) in [5.74, 6) is -3.36. The Balaban J connectivity index is 2.15. The molecule has 1 aromatic heterocycles. The van der Waals surface area contributed by atoms with E-state index in [1.54, 1.807) is 6.92 Å². The highest BCUT2D eigenvalue weighted by atomic mass is 35.5. The van der Waals surface area contributed by atoms with E-state index in [1.165, 1.54) is 0 Å². The summed E-state index contributed by atoms with van der Waals surface area (Å²) in [5, 5.41) is 2.39. The van der Waals surface area contributed by atoms with Gasteiger partial charge in [0.1, 0.15) is 16.8 Å². The third-order valence-corrected chi connectivity index (χ3v) is 3.22. The van der Waals surface area contributed by atoms with Crippen LogP contribution in [-0.4, -0.2) is 28.9 Å². The third kappa shape index (κ3) is 3.26. The minimum atomic E-state index is -4.11. The summed E-state index contributed by atoms with van der Waals surface area (Å²) in [6.07, 6.45) is -1.88. The Bertz CT molecular complexity index is 477. The average Bonchev–Trinajstić information content (AvgIpc) is 3.14. The fourth-order valence-corrected chi connectivity index (χ4v) is 1.66. The van der Waals surface area contributed by atoms with Crippen LogP contribution in [0.3, 0.4) is 0 Å². The fraction of sp³-hybridized carbons (Fsp3) is 0.636. The van der Waals surface area contributed by atoms with E-state index in [0.717, 1.165) is 12.8 Å². The predicted octanol–water partition coefficient (Wildman–Crippen LogP) is 3.63. The topological polar surface area (TPSA) is 37.8 Å². The number of nitrogens with one attached hydrogen (secondary N) is 1. The zero-order chi connectivity index (χ0) is 14.2. The summed E-state index contributed by atoms with van der Waals surface area (Å²) >= 11 is 5.88. The van der Waals surface area contributed by atoms with Gasteiger partial charge in [-0.3, -0.25) is 0 Å². The van der Waals surface area contributed by atoms with Crippen LogP contribution in [0.15, 0.2) is 0 Å². The zero-order valence-corrected chi connectivity index (χ0v) is 10.8. The number of hydrogen-bond donors (Lipinski definition) is 1. The number of hydrogen-bond acceptors (Lipinski definition) is 3. The summed E-state index contributed by atoms with van der Waals surface area (Å²) in [4.78, 5) is 8.13. The first-order valence-corrected chi connectivity index (χ1v) is 6.13. The number of aromatic nitrogens is 2. The van der Waals surface area contributed by atoms with Gasteiger partial charge >= 0.3 is 12.3 Å². The Labute approximate surface area is 112 Å². The van der Waals surface area contributed by atoms with Crippen molar-refractivity contribution in [2.75, 3.05) is 11.9 Å². The molecule has 19 heavy (non-hydrogen) atoms. The van der Waals surface area contributed by atoms with Crippen molar-refractivity contribution in [3.05, 3.63) is 16.5 Å². The molecule has 0 saturated heterocycles. The van der Waals surface area contributed by atoms with Crippen molar-refractivity contribution in [1.82, 2.24) is 9.97 Å². The lowest BCUT2D eigenvalue weighted by molar-refractivity contribution is -0.117. The van der Waals surface area contributed by atoms with Gasteiger partial charge in [-0.2, -0.15) is 8.78 Å². The van der Waals surface area contributed by atoms with Gasteiger partial charge in [-0.1, -0.05) is 11.6 Å². The smallest absolute Gasteiger partial charge is 0.324 e. The Morgan fingerprint density at radius 1 is 1.37 bits per heavy atom. The molecule has 3 nitrogen and oxygen atoms in total. The molecule has 0 radical (unpaired) electrons. The van der Waals surface area contributed by atoms with E-state index in [1.807, 2.05) is 0 Å². The van der Waals surface area contributed by atoms with Gasteiger partial charge in [0.25, 0.3) is 0 Å². The molecule has 0 unspecified atom stereocenters. The molecule has 0 bridgehead atoms. The van der Waals surface area contributed by atoms with Gasteiger partial charge in [0.05, 0.1) is 6.54 Å². The van der Waals surface area contributed by atoms with Gasteiger partial charge in [0.2, 0.25) is 0 Å². The molecule has 1 saturated carbocycles. The molecule has 0 aliphatic heterocycles. The average molecular weight is 298 g/mol. The minimum absolute atomic E-state index is 0.0854. The molecular formula is C11H12ClF4N3. The molecule has 1 fully saturated rings. The van der Waals surface area contributed by atoms with Crippen LogP contribution in [0, 0.1) is 6.92 Å². The highest BCUT2D eigenvalue weighted by molar-refractivity contribution is 6.30. The first-order chi connectivity index (χ1) is 8.81. The van der Waals surface area contributed by atoms with E-state index in [9.17, 15) is 17.6 Å². The van der Waals surface area contributed by atoms with Gasteiger partial charge < -0.3 is 5.32 Å². The van der Waals surface area contributed by atoms with Crippen LogP contribution in [0.25, 0.3) is 0 Å². The van der Waals surface area contributed by atoms with Crippen molar-refractivity contribution in [2.24, 2.45) is 0 Å². The van der Waals surface area contributed by atoms with Crippen LogP contribution in [-0.2, 0) is 0 Å². The second-order valence-electron chi connectivity index (χ2n) is 4.54. The number of anilines is 1. The van der Waals surface area contributed by atoms with Gasteiger partial charge in [-0.05, 0) is 19.8 Å². The highest BCUT2D eigenvalue weighted by Gasteiger charge is 2.40. The van der Waals surface area contributed by atoms with Gasteiger partial charge in [0.15, 0.2) is 0 Å². The summed E-state index contributed by atoms with van der Waals surface area (Å²) in [7, 11) is 0. The second kappa shape index (κ2) is 5.11. The Morgan fingerprint density at radius 2 is 2.00 bits per heavy atom. The molecule has 8 heteroatoms. The van der Waals surface area contributed by atoms with Crippen LogP contribution >= 0.6 is 11.6 Å². The van der Waals surface area contributed by atoms with E-state index in [0.29, 0.717) is 11.4 Å². The van der Waals surface area contributed by atoms with E-state index < -0.39 is 18.9 Å². The van der Waals surface area contributed by atoms with E-state index in [2.05, 4.69) is 15.3 Å². The SMILES string of the molecule is Cc1c(Cl)nc(C2CC2)nc1NCC(F)(F)C(F)F. The molecular weight excluding hydrogens is 286 g/mol. The maximum atomic E-state index is 12.8. The number of halogens is 5. The minimum Gasteiger partial charge on any atom is -0.363 e. The van der Waals surface area contributed by atoms with Crippen molar-refractivity contribution in [2.45, 2.75) is 38.0 Å². The largest absolute Gasteiger partial charge is 0.363 e. The first kappa shape index (κ1) is 14.3. The van der Waals surface area contributed by atoms with Gasteiger partial charge in [0, 0.05) is 11.5 Å². The zero-order valence-electron chi connectivity index (χ0n) is 10.1. The molecule has 1 aliphatic rings. The number of alkyl halides is 4. The van der Waals surface area contributed by atoms with Crippen molar-refractivity contribution in [1.29, 1.82) is 0 Å². The molecule has 1 heterocycles. The Hall–Kier alpha value is -1.11. The maximum Gasteiger partial charge on any atom is 0.324 e. The summed E-state index contributed by atoms with van der Waals surface area (Å²) in [6, 6.07) is 0. The molecule has 0 atom stereocenters. The summed E-state index contributed by atoms with van der Waals surface area (Å²) < 4.78 is 49.8. The molecule has 1 aliphatic carbocycles. The quantitative estimate of drug-likeness (QED) is 0.666. The number of nitrogens with zero attached hydrogens (tertiary/aromatic N) is 2. The van der Waals surface area contributed by atoms with Crippen molar-refractivity contribution in [3.8, 4) is 0 Å². The second-order valence-corrected chi connectivity index (χ2v) is 4.89. The van der Waals surface area contributed by atoms with E-state index in [-0.39, 0.29) is 16.9 Å². The van der Waals surface area contributed by atoms with Crippen molar-refractivity contribution < 1.29 is 17.6 Å². The fourth-order valence-electron chi connectivity index (χ4n) is 1.48. The molecule has 2 rings (SSSR count). The third-order valence-electron chi connectivity index (χ3n) is 2.86. The molecule has 1 aromatic rings. The van der Waals surface area contributed by atoms with E-state index >= 15 is 0 Å². The van der Waals surface area contributed by atoms with Crippen LogP contribution in [0.1, 0.15) is 30.1 Å². The lowest BCUT2D eigenvalue weighted by Crippen LogP contribution is -2.35. The molecule has 0 aromatic carbocycles. The predicted molar refractivity (Wildman–Crippen MR) is 63.2 cm³/mol. The Kier molecular flexibility index (Phi) is 3.85. The van der Waals surface area contributed by atoms with Crippen LogP contribution in [0.2, 0.25) is 5.15 Å². The van der Waals surface area contributed by atoms with Crippen LogP contribution < -0.4 is 5.32 Å². The molecule has 106 valence electrons. The number of rotatable bonds is 5. The lowest BCUT2D eigenvalue weighted by Gasteiger charge is -2.17.